The Bertz CT molecular complexity index is 858. The van der Waals surface area contributed by atoms with Crippen LogP contribution in [0.2, 0.25) is 0 Å². The van der Waals surface area contributed by atoms with Crippen molar-refractivity contribution in [1.29, 1.82) is 0 Å². The van der Waals surface area contributed by atoms with Gasteiger partial charge in [-0.1, -0.05) is 76.6 Å². The lowest BCUT2D eigenvalue weighted by Gasteiger charge is -2.39. The van der Waals surface area contributed by atoms with Crippen molar-refractivity contribution in [3.8, 4) is 0 Å². The van der Waals surface area contributed by atoms with Gasteiger partial charge in [0.05, 0.1) is 5.54 Å². The van der Waals surface area contributed by atoms with Crippen LogP contribution in [0.25, 0.3) is 0 Å². The number of carbonyl (C=O) groups excluding carboxylic acids is 1. The fourth-order valence-corrected chi connectivity index (χ4v) is 3.30. The van der Waals surface area contributed by atoms with Crippen molar-refractivity contribution in [2.24, 2.45) is 0 Å². The Morgan fingerprint density at radius 1 is 0.846 bits per heavy atom. The highest BCUT2D eigenvalue weighted by molar-refractivity contribution is 9.10. The van der Waals surface area contributed by atoms with E-state index in [-0.39, 0.29) is 5.91 Å². The minimum absolute atomic E-state index is 0.0233. The fraction of sp³-hybridized carbons (Fsp3) is 0.174. The van der Waals surface area contributed by atoms with E-state index >= 15 is 0 Å². The van der Waals surface area contributed by atoms with Crippen LogP contribution >= 0.6 is 15.9 Å². The van der Waals surface area contributed by atoms with Gasteiger partial charge in [0, 0.05) is 16.6 Å². The molecule has 0 radical (unpaired) electrons. The average Bonchev–Trinajstić information content (AvgIpc) is 2.67. The van der Waals surface area contributed by atoms with Crippen molar-refractivity contribution >= 4 is 21.8 Å². The molecule has 0 fully saturated rings. The second-order valence-corrected chi connectivity index (χ2v) is 7.72. The molecule has 0 atom stereocenters. The number of hydrogen-bond donors (Lipinski definition) is 0. The number of nitrogens with zero attached hydrogens (tertiary/aromatic N) is 1. The molecule has 0 heterocycles. The Morgan fingerprint density at radius 3 is 1.96 bits per heavy atom. The third-order valence-corrected chi connectivity index (χ3v) is 5.20. The van der Waals surface area contributed by atoms with Crippen molar-refractivity contribution in [3.63, 3.8) is 0 Å². The van der Waals surface area contributed by atoms with E-state index in [1.54, 1.807) is 0 Å². The van der Waals surface area contributed by atoms with Gasteiger partial charge in [0.25, 0.3) is 5.91 Å². The van der Waals surface area contributed by atoms with Crippen LogP contribution in [0.4, 0.5) is 0 Å². The molecule has 0 unspecified atom stereocenters. The summed E-state index contributed by atoms with van der Waals surface area (Å²) < 4.78 is 0.964. The van der Waals surface area contributed by atoms with Gasteiger partial charge in [-0.25, -0.2) is 0 Å². The summed E-state index contributed by atoms with van der Waals surface area (Å²) in [5, 5.41) is 0. The van der Waals surface area contributed by atoms with Crippen molar-refractivity contribution in [3.05, 3.63) is 106 Å². The largest absolute Gasteiger partial charge is 0.325 e. The Hall–Kier alpha value is -2.39. The predicted octanol–water partition coefficient (Wildman–Crippen LogP) is 6.03. The molecule has 26 heavy (non-hydrogen) atoms. The molecule has 0 saturated carbocycles. The monoisotopic (exact) mass is 407 g/mol. The van der Waals surface area contributed by atoms with Crippen LogP contribution in [0.1, 0.15) is 35.3 Å². The standard InChI is InChI=1S/C23H22BrNO/c1-23(2,20-11-7-4-8-12-20)25(17-18-9-5-3-6-10-18)22(26)19-13-15-21(24)16-14-19/h3-16H,17H2,1-2H3. The van der Waals surface area contributed by atoms with Gasteiger partial charge in [0.1, 0.15) is 0 Å². The fourth-order valence-electron chi connectivity index (χ4n) is 3.04. The van der Waals surface area contributed by atoms with Gasteiger partial charge in [-0.2, -0.15) is 0 Å². The van der Waals surface area contributed by atoms with Gasteiger partial charge in [0.2, 0.25) is 0 Å². The summed E-state index contributed by atoms with van der Waals surface area (Å²) in [6.07, 6.45) is 0. The maximum atomic E-state index is 13.4. The van der Waals surface area contributed by atoms with Crippen LogP contribution in [0.3, 0.4) is 0 Å². The molecule has 3 aromatic rings. The van der Waals surface area contributed by atoms with Crippen LogP contribution < -0.4 is 0 Å². The highest BCUT2D eigenvalue weighted by atomic mass is 79.9. The van der Waals surface area contributed by atoms with Gasteiger partial charge < -0.3 is 4.90 Å². The summed E-state index contributed by atoms with van der Waals surface area (Å²) >= 11 is 3.44. The molecule has 2 nitrogen and oxygen atoms in total. The number of rotatable bonds is 5. The minimum atomic E-state index is -0.443. The zero-order chi connectivity index (χ0) is 18.6. The van der Waals surface area contributed by atoms with Crippen LogP contribution in [0.15, 0.2) is 89.4 Å². The molecule has 0 saturated heterocycles. The number of amides is 1. The Balaban J connectivity index is 2.01. The first-order valence-corrected chi connectivity index (χ1v) is 9.45. The topological polar surface area (TPSA) is 20.3 Å². The SMILES string of the molecule is CC(C)(c1ccccc1)N(Cc1ccccc1)C(=O)c1ccc(Br)cc1. The Kier molecular flexibility index (Phi) is 5.58. The van der Waals surface area contributed by atoms with E-state index in [0.717, 1.165) is 15.6 Å². The molecule has 3 heteroatoms. The Morgan fingerprint density at radius 2 is 1.38 bits per heavy atom. The smallest absolute Gasteiger partial charge is 0.254 e. The highest BCUT2D eigenvalue weighted by Crippen LogP contribution is 2.31. The van der Waals surface area contributed by atoms with Crippen molar-refractivity contribution in [2.75, 3.05) is 0 Å². The molecule has 1 amide bonds. The molecule has 0 bridgehead atoms. The van der Waals surface area contributed by atoms with E-state index < -0.39 is 5.54 Å². The van der Waals surface area contributed by atoms with E-state index in [1.807, 2.05) is 65.6 Å². The van der Waals surface area contributed by atoms with Crippen LogP contribution in [0, 0.1) is 0 Å². The van der Waals surface area contributed by atoms with E-state index in [2.05, 4.69) is 54.0 Å². The lowest BCUT2D eigenvalue weighted by molar-refractivity contribution is 0.0514. The molecule has 0 aliphatic heterocycles. The zero-order valence-corrected chi connectivity index (χ0v) is 16.6. The first-order valence-electron chi connectivity index (χ1n) is 8.65. The van der Waals surface area contributed by atoms with Crippen LogP contribution in [-0.4, -0.2) is 10.8 Å². The summed E-state index contributed by atoms with van der Waals surface area (Å²) in [5.74, 6) is 0.0233. The van der Waals surface area contributed by atoms with Gasteiger partial charge in [-0.05, 0) is 49.2 Å². The number of carbonyl (C=O) groups is 1. The third-order valence-electron chi connectivity index (χ3n) is 4.67. The Labute approximate surface area is 163 Å². The number of halogens is 1. The van der Waals surface area contributed by atoms with Crippen LogP contribution in [0.5, 0.6) is 0 Å². The van der Waals surface area contributed by atoms with Crippen molar-refractivity contribution in [1.82, 2.24) is 4.90 Å². The number of benzene rings is 3. The second-order valence-electron chi connectivity index (χ2n) is 6.81. The quantitative estimate of drug-likeness (QED) is 0.505. The molecule has 0 N–H and O–H groups in total. The van der Waals surface area contributed by atoms with Crippen LogP contribution in [-0.2, 0) is 12.1 Å². The van der Waals surface area contributed by atoms with E-state index in [4.69, 9.17) is 0 Å². The minimum Gasteiger partial charge on any atom is -0.325 e. The summed E-state index contributed by atoms with van der Waals surface area (Å²) in [7, 11) is 0. The normalized spacial score (nSPS) is 11.2. The summed E-state index contributed by atoms with van der Waals surface area (Å²) in [6.45, 7) is 4.75. The van der Waals surface area contributed by atoms with E-state index in [1.165, 1.54) is 0 Å². The molecular formula is C23H22BrNO. The van der Waals surface area contributed by atoms with Gasteiger partial charge in [-0.3, -0.25) is 4.79 Å². The predicted molar refractivity (Wildman–Crippen MR) is 110 cm³/mol. The third kappa shape index (κ3) is 4.05. The first-order chi connectivity index (χ1) is 12.5. The first kappa shape index (κ1) is 18.4. The van der Waals surface area contributed by atoms with Crippen molar-refractivity contribution in [2.45, 2.75) is 25.9 Å². The molecular weight excluding hydrogens is 386 g/mol. The summed E-state index contributed by atoms with van der Waals surface area (Å²) in [6, 6.07) is 27.9. The van der Waals surface area contributed by atoms with Gasteiger partial charge >= 0.3 is 0 Å². The molecule has 0 aliphatic rings. The summed E-state index contributed by atoms with van der Waals surface area (Å²) in [5.41, 5.74) is 2.47. The molecule has 0 aromatic heterocycles. The maximum absolute atomic E-state index is 13.4. The second kappa shape index (κ2) is 7.88. The van der Waals surface area contributed by atoms with E-state index in [9.17, 15) is 4.79 Å². The maximum Gasteiger partial charge on any atom is 0.254 e. The lowest BCUT2D eigenvalue weighted by atomic mass is 9.90. The zero-order valence-electron chi connectivity index (χ0n) is 15.0. The van der Waals surface area contributed by atoms with Gasteiger partial charge in [0.15, 0.2) is 0 Å². The molecule has 132 valence electrons. The lowest BCUT2D eigenvalue weighted by Crippen LogP contribution is -2.45. The number of hydrogen-bond acceptors (Lipinski definition) is 1. The molecule has 0 spiro atoms. The molecule has 3 rings (SSSR count). The summed E-state index contributed by atoms with van der Waals surface area (Å²) in [4.78, 5) is 15.3. The highest BCUT2D eigenvalue weighted by Gasteiger charge is 2.33. The average molecular weight is 408 g/mol. The molecule has 0 aliphatic carbocycles. The van der Waals surface area contributed by atoms with Crippen molar-refractivity contribution < 1.29 is 4.79 Å². The van der Waals surface area contributed by atoms with Gasteiger partial charge in [-0.15, -0.1) is 0 Å². The molecule has 3 aromatic carbocycles. The van der Waals surface area contributed by atoms with E-state index in [0.29, 0.717) is 12.1 Å².